The first-order valence-electron chi connectivity index (χ1n) is 5.63. The Bertz CT molecular complexity index is 596. The molecule has 0 aliphatic carbocycles. The van der Waals surface area contributed by atoms with Crippen molar-refractivity contribution in [3.63, 3.8) is 0 Å². The minimum absolute atomic E-state index is 0.377. The molecule has 0 aliphatic heterocycles. The van der Waals surface area contributed by atoms with Gasteiger partial charge in [-0.15, -0.1) is 11.3 Å². The average molecular weight is 294 g/mol. The van der Waals surface area contributed by atoms with E-state index in [0.29, 0.717) is 11.6 Å². The zero-order chi connectivity index (χ0) is 13.8. The van der Waals surface area contributed by atoms with E-state index >= 15 is 0 Å². The van der Waals surface area contributed by atoms with Crippen LogP contribution >= 0.6 is 23.6 Å². The lowest BCUT2D eigenvalue weighted by atomic mass is 10.3. The third-order valence-corrected chi connectivity index (χ3v) is 3.97. The third kappa shape index (κ3) is 3.42. The normalized spacial score (nSPS) is 10.2. The van der Waals surface area contributed by atoms with Gasteiger partial charge < -0.3 is 15.2 Å². The maximum absolute atomic E-state index is 5.67. The van der Waals surface area contributed by atoms with Gasteiger partial charge in [-0.2, -0.15) is 0 Å². The van der Waals surface area contributed by atoms with Gasteiger partial charge in [-0.05, 0) is 19.1 Å². The molecule has 1 heterocycles. The van der Waals surface area contributed by atoms with E-state index < -0.39 is 0 Å². The summed E-state index contributed by atoms with van der Waals surface area (Å²) in [5.74, 6) is 1.50. The summed E-state index contributed by atoms with van der Waals surface area (Å²) in [6.45, 7) is 2.28. The minimum atomic E-state index is 0.377. The SMILES string of the molecule is COc1cccc(OCc2nc(C)c(C(N)=S)s2)c1. The van der Waals surface area contributed by atoms with E-state index in [9.17, 15) is 0 Å². The van der Waals surface area contributed by atoms with Crippen molar-refractivity contribution in [3.8, 4) is 11.5 Å². The molecule has 0 unspecified atom stereocenters. The Hall–Kier alpha value is -1.66. The highest BCUT2D eigenvalue weighted by Gasteiger charge is 2.10. The molecule has 0 amide bonds. The molecule has 0 bridgehead atoms. The predicted octanol–water partition coefficient (Wildman–Crippen LogP) is 2.67. The standard InChI is InChI=1S/C13H14N2O2S2/c1-8-12(13(14)18)19-11(15-8)7-17-10-5-3-4-9(6-10)16-2/h3-6H,7H2,1-2H3,(H2,14,18). The number of nitrogens with zero attached hydrogens (tertiary/aromatic N) is 1. The fourth-order valence-corrected chi connectivity index (χ4v) is 2.68. The minimum Gasteiger partial charge on any atom is -0.497 e. The van der Waals surface area contributed by atoms with Gasteiger partial charge in [0.1, 0.15) is 28.1 Å². The zero-order valence-electron chi connectivity index (χ0n) is 10.7. The molecule has 4 nitrogen and oxygen atoms in total. The number of benzene rings is 1. The van der Waals surface area contributed by atoms with E-state index in [2.05, 4.69) is 4.98 Å². The molecule has 100 valence electrons. The molecule has 0 aliphatic rings. The molecule has 1 aromatic heterocycles. The molecule has 0 saturated heterocycles. The van der Waals surface area contributed by atoms with Gasteiger partial charge in [0.25, 0.3) is 0 Å². The van der Waals surface area contributed by atoms with Crippen LogP contribution in [0.1, 0.15) is 15.6 Å². The number of thiocarbonyl (C=S) groups is 1. The van der Waals surface area contributed by atoms with Crippen LogP contribution in [0.5, 0.6) is 11.5 Å². The summed E-state index contributed by atoms with van der Waals surface area (Å²) < 4.78 is 10.8. The molecule has 0 atom stereocenters. The van der Waals surface area contributed by atoms with Crippen molar-refractivity contribution in [1.29, 1.82) is 0 Å². The highest BCUT2D eigenvalue weighted by atomic mass is 32.1. The van der Waals surface area contributed by atoms with Gasteiger partial charge in [0.2, 0.25) is 0 Å². The first kappa shape index (κ1) is 13.8. The summed E-state index contributed by atoms with van der Waals surface area (Å²) in [5.41, 5.74) is 6.47. The fraction of sp³-hybridized carbons (Fsp3) is 0.231. The summed E-state index contributed by atoms with van der Waals surface area (Å²) in [4.78, 5) is 5.61. The molecule has 2 N–H and O–H groups in total. The van der Waals surface area contributed by atoms with Gasteiger partial charge >= 0.3 is 0 Å². The Morgan fingerprint density at radius 1 is 1.42 bits per heavy atom. The lowest BCUT2D eigenvalue weighted by molar-refractivity contribution is 0.303. The van der Waals surface area contributed by atoms with Crippen molar-refractivity contribution in [2.24, 2.45) is 5.73 Å². The third-order valence-electron chi connectivity index (χ3n) is 2.47. The molecule has 0 fully saturated rings. The molecule has 2 rings (SSSR count). The van der Waals surface area contributed by atoms with E-state index in [0.717, 1.165) is 27.1 Å². The number of hydrogen-bond donors (Lipinski definition) is 1. The van der Waals surface area contributed by atoms with Crippen LogP contribution in [-0.4, -0.2) is 17.1 Å². The smallest absolute Gasteiger partial charge is 0.140 e. The lowest BCUT2D eigenvalue weighted by Crippen LogP contribution is -2.08. The number of nitrogens with two attached hydrogens (primary N) is 1. The molecule has 6 heteroatoms. The molecular weight excluding hydrogens is 280 g/mol. The van der Waals surface area contributed by atoms with Crippen LogP contribution in [-0.2, 0) is 6.61 Å². The van der Waals surface area contributed by atoms with Crippen molar-refractivity contribution < 1.29 is 9.47 Å². The molecule has 0 radical (unpaired) electrons. The number of aromatic nitrogens is 1. The van der Waals surface area contributed by atoms with Crippen molar-refractivity contribution in [2.75, 3.05) is 7.11 Å². The van der Waals surface area contributed by atoms with Gasteiger partial charge in [-0.25, -0.2) is 4.98 Å². The van der Waals surface area contributed by atoms with Crippen molar-refractivity contribution in [3.05, 3.63) is 39.8 Å². The Labute approximate surface area is 121 Å². The summed E-state index contributed by atoms with van der Waals surface area (Å²) >= 11 is 6.43. The fourth-order valence-electron chi connectivity index (χ4n) is 1.58. The second-order valence-corrected chi connectivity index (χ2v) is 5.38. The summed E-state index contributed by atoms with van der Waals surface area (Å²) in [5, 5.41) is 0.850. The van der Waals surface area contributed by atoms with Crippen LogP contribution in [0.3, 0.4) is 0 Å². The Morgan fingerprint density at radius 3 is 2.79 bits per heavy atom. The Morgan fingerprint density at radius 2 is 2.16 bits per heavy atom. The largest absolute Gasteiger partial charge is 0.497 e. The van der Waals surface area contributed by atoms with Crippen LogP contribution in [0.2, 0.25) is 0 Å². The maximum Gasteiger partial charge on any atom is 0.140 e. The van der Waals surface area contributed by atoms with E-state index in [1.807, 2.05) is 31.2 Å². The van der Waals surface area contributed by atoms with Crippen LogP contribution in [0.15, 0.2) is 24.3 Å². The lowest BCUT2D eigenvalue weighted by Gasteiger charge is -2.05. The average Bonchev–Trinajstić information content (AvgIpc) is 2.78. The van der Waals surface area contributed by atoms with Gasteiger partial charge in [-0.3, -0.25) is 0 Å². The van der Waals surface area contributed by atoms with Crippen LogP contribution in [0.25, 0.3) is 0 Å². The molecule has 2 aromatic rings. The quantitative estimate of drug-likeness (QED) is 0.859. The molecule has 1 aromatic carbocycles. The highest BCUT2D eigenvalue weighted by Crippen LogP contribution is 2.22. The van der Waals surface area contributed by atoms with Gasteiger partial charge in [0.15, 0.2) is 0 Å². The summed E-state index contributed by atoms with van der Waals surface area (Å²) in [6.07, 6.45) is 0. The second-order valence-electron chi connectivity index (χ2n) is 3.85. The number of aryl methyl sites for hydroxylation is 1. The Balaban J connectivity index is 2.06. The molecule has 0 spiro atoms. The van der Waals surface area contributed by atoms with Crippen LogP contribution in [0, 0.1) is 6.92 Å². The molecule has 0 saturated carbocycles. The van der Waals surface area contributed by atoms with E-state index in [-0.39, 0.29) is 0 Å². The first-order chi connectivity index (χ1) is 9.10. The number of ether oxygens (including phenoxy) is 2. The van der Waals surface area contributed by atoms with Crippen LogP contribution in [0.4, 0.5) is 0 Å². The molecular formula is C13H14N2O2S2. The van der Waals surface area contributed by atoms with Crippen LogP contribution < -0.4 is 15.2 Å². The van der Waals surface area contributed by atoms with Gasteiger partial charge in [0.05, 0.1) is 17.7 Å². The van der Waals surface area contributed by atoms with E-state index in [4.69, 9.17) is 27.4 Å². The number of thiazole rings is 1. The summed E-state index contributed by atoms with van der Waals surface area (Å²) in [6, 6.07) is 7.44. The number of hydrogen-bond acceptors (Lipinski definition) is 5. The van der Waals surface area contributed by atoms with Crippen molar-refractivity contribution in [2.45, 2.75) is 13.5 Å². The van der Waals surface area contributed by atoms with Crippen molar-refractivity contribution >= 4 is 28.5 Å². The van der Waals surface area contributed by atoms with Gasteiger partial charge in [0, 0.05) is 6.07 Å². The predicted molar refractivity (Wildman–Crippen MR) is 80.1 cm³/mol. The topological polar surface area (TPSA) is 57.4 Å². The van der Waals surface area contributed by atoms with Gasteiger partial charge in [-0.1, -0.05) is 18.3 Å². The molecule has 19 heavy (non-hydrogen) atoms. The second kappa shape index (κ2) is 5.99. The number of rotatable bonds is 5. The number of methoxy groups -OCH3 is 1. The first-order valence-corrected chi connectivity index (χ1v) is 6.85. The Kier molecular flexibility index (Phi) is 4.34. The van der Waals surface area contributed by atoms with E-state index in [1.54, 1.807) is 7.11 Å². The zero-order valence-corrected chi connectivity index (χ0v) is 12.3. The van der Waals surface area contributed by atoms with Crippen molar-refractivity contribution in [1.82, 2.24) is 4.98 Å². The summed E-state index contributed by atoms with van der Waals surface area (Å²) in [7, 11) is 1.62. The monoisotopic (exact) mass is 294 g/mol. The maximum atomic E-state index is 5.67. The highest BCUT2D eigenvalue weighted by molar-refractivity contribution is 7.81. The van der Waals surface area contributed by atoms with E-state index in [1.165, 1.54) is 11.3 Å².